The van der Waals surface area contributed by atoms with Crippen LogP contribution in [0.25, 0.3) is 0 Å². The fourth-order valence-electron chi connectivity index (χ4n) is 1.93. The summed E-state index contributed by atoms with van der Waals surface area (Å²) in [4.78, 5) is 27.3. The maximum atomic E-state index is 11.8. The molecule has 0 radical (unpaired) electrons. The van der Waals surface area contributed by atoms with Crippen molar-refractivity contribution in [2.45, 2.75) is 46.0 Å². The number of Topliss-reactive ketones (excluding diaryl/α,β-unsaturated/α-hetero) is 1. The van der Waals surface area contributed by atoms with Crippen molar-refractivity contribution in [3.63, 3.8) is 0 Å². The Labute approximate surface area is 120 Å². The van der Waals surface area contributed by atoms with Gasteiger partial charge in [-0.2, -0.15) is 0 Å². The van der Waals surface area contributed by atoms with Crippen molar-refractivity contribution in [1.29, 1.82) is 0 Å². The number of ether oxygens (including phenoxy) is 1. The molecule has 0 aliphatic rings. The van der Waals surface area contributed by atoms with Gasteiger partial charge in [-0.15, -0.1) is 0 Å². The van der Waals surface area contributed by atoms with Gasteiger partial charge < -0.3 is 4.74 Å². The smallest absolute Gasteiger partial charge is 0.313 e. The van der Waals surface area contributed by atoms with Gasteiger partial charge in [-0.3, -0.25) is 14.6 Å². The van der Waals surface area contributed by atoms with E-state index in [0.717, 1.165) is 25.7 Å². The van der Waals surface area contributed by atoms with Gasteiger partial charge in [0.15, 0.2) is 5.78 Å². The van der Waals surface area contributed by atoms with E-state index >= 15 is 0 Å². The molecule has 0 N–H and O–H groups in total. The maximum Gasteiger partial charge on any atom is 0.313 e. The zero-order valence-corrected chi connectivity index (χ0v) is 12.3. The van der Waals surface area contributed by atoms with Crippen LogP contribution in [0.4, 0.5) is 0 Å². The molecular weight excluding hydrogens is 254 g/mol. The lowest BCUT2D eigenvalue weighted by atomic mass is 10.0. The molecule has 110 valence electrons. The summed E-state index contributed by atoms with van der Waals surface area (Å²) in [6.07, 6.45) is 7.22. The SMILES string of the molecule is CCCCC(CC)COC(=O)CC(=O)c1ccncc1. The third kappa shape index (κ3) is 5.95. The Morgan fingerprint density at radius 1 is 1.25 bits per heavy atom. The summed E-state index contributed by atoms with van der Waals surface area (Å²) < 4.78 is 5.21. The standard InChI is InChI=1S/C16H23NO3/c1-3-5-6-13(4-2)12-20-16(19)11-15(18)14-7-9-17-10-8-14/h7-10,13H,3-6,11-12H2,1-2H3. The molecule has 0 spiro atoms. The summed E-state index contributed by atoms with van der Waals surface area (Å²) >= 11 is 0. The second-order valence-electron chi connectivity index (χ2n) is 4.94. The zero-order valence-electron chi connectivity index (χ0n) is 12.3. The van der Waals surface area contributed by atoms with Crippen molar-refractivity contribution in [1.82, 2.24) is 4.98 Å². The lowest BCUT2D eigenvalue weighted by molar-refractivity contribution is -0.144. The minimum absolute atomic E-state index is 0.200. The first-order valence-electron chi connectivity index (χ1n) is 7.26. The van der Waals surface area contributed by atoms with E-state index in [9.17, 15) is 9.59 Å². The molecule has 4 heteroatoms. The van der Waals surface area contributed by atoms with E-state index in [1.165, 1.54) is 12.4 Å². The van der Waals surface area contributed by atoms with Crippen LogP contribution < -0.4 is 0 Å². The van der Waals surface area contributed by atoms with E-state index in [0.29, 0.717) is 18.1 Å². The number of rotatable bonds is 9. The van der Waals surface area contributed by atoms with E-state index in [1.807, 2.05) is 0 Å². The van der Waals surface area contributed by atoms with Gasteiger partial charge in [-0.1, -0.05) is 33.1 Å². The number of hydrogen-bond donors (Lipinski definition) is 0. The maximum absolute atomic E-state index is 11.8. The summed E-state index contributed by atoms with van der Waals surface area (Å²) in [5, 5.41) is 0. The number of carbonyl (C=O) groups excluding carboxylic acids is 2. The van der Waals surface area contributed by atoms with Crippen LogP contribution in [0.1, 0.15) is 56.3 Å². The number of pyridine rings is 1. The van der Waals surface area contributed by atoms with E-state index in [2.05, 4.69) is 18.8 Å². The normalized spacial score (nSPS) is 11.9. The van der Waals surface area contributed by atoms with Gasteiger partial charge in [0, 0.05) is 18.0 Å². The van der Waals surface area contributed by atoms with Crippen LogP contribution in [0, 0.1) is 5.92 Å². The average molecular weight is 277 g/mol. The number of esters is 1. The van der Waals surface area contributed by atoms with Gasteiger partial charge >= 0.3 is 5.97 Å². The highest BCUT2D eigenvalue weighted by Crippen LogP contribution is 2.13. The highest BCUT2D eigenvalue weighted by Gasteiger charge is 2.14. The Morgan fingerprint density at radius 3 is 2.55 bits per heavy atom. The van der Waals surface area contributed by atoms with Crippen molar-refractivity contribution in [2.75, 3.05) is 6.61 Å². The van der Waals surface area contributed by atoms with Gasteiger partial charge in [-0.25, -0.2) is 0 Å². The second kappa shape index (κ2) is 9.23. The third-order valence-electron chi connectivity index (χ3n) is 3.33. The lowest BCUT2D eigenvalue weighted by Crippen LogP contribution is -2.16. The fourth-order valence-corrected chi connectivity index (χ4v) is 1.93. The van der Waals surface area contributed by atoms with Crippen LogP contribution in [0.15, 0.2) is 24.5 Å². The van der Waals surface area contributed by atoms with Crippen LogP contribution in [0.5, 0.6) is 0 Å². The number of hydrogen-bond acceptors (Lipinski definition) is 4. The molecule has 0 fully saturated rings. The van der Waals surface area contributed by atoms with E-state index in [4.69, 9.17) is 4.74 Å². The summed E-state index contributed by atoms with van der Waals surface area (Å²) in [5.41, 5.74) is 0.495. The van der Waals surface area contributed by atoms with E-state index in [-0.39, 0.29) is 12.2 Å². The van der Waals surface area contributed by atoms with Crippen molar-refractivity contribution >= 4 is 11.8 Å². The zero-order chi connectivity index (χ0) is 14.8. The summed E-state index contributed by atoms with van der Waals surface area (Å²) in [6, 6.07) is 3.21. The van der Waals surface area contributed by atoms with E-state index < -0.39 is 5.97 Å². The van der Waals surface area contributed by atoms with Crippen LogP contribution in [-0.2, 0) is 9.53 Å². The molecule has 0 saturated carbocycles. The Morgan fingerprint density at radius 2 is 1.95 bits per heavy atom. The molecule has 1 aromatic rings. The number of carbonyl (C=O) groups is 2. The Kier molecular flexibility index (Phi) is 7.55. The lowest BCUT2D eigenvalue weighted by Gasteiger charge is -2.14. The molecular formula is C16H23NO3. The number of ketones is 1. The monoisotopic (exact) mass is 277 g/mol. The number of aromatic nitrogens is 1. The van der Waals surface area contributed by atoms with Gasteiger partial charge in [-0.05, 0) is 24.5 Å². The second-order valence-corrected chi connectivity index (χ2v) is 4.94. The Bertz CT molecular complexity index is 417. The molecule has 0 amide bonds. The molecule has 1 atom stereocenters. The Balaban J connectivity index is 2.34. The summed E-state index contributed by atoms with van der Waals surface area (Å²) in [6.45, 7) is 4.65. The molecule has 1 unspecified atom stereocenters. The van der Waals surface area contributed by atoms with Crippen LogP contribution >= 0.6 is 0 Å². The van der Waals surface area contributed by atoms with Gasteiger partial charge in [0.1, 0.15) is 6.42 Å². The largest absolute Gasteiger partial charge is 0.465 e. The summed E-state index contributed by atoms with van der Waals surface area (Å²) in [7, 11) is 0. The van der Waals surface area contributed by atoms with Crippen molar-refractivity contribution in [2.24, 2.45) is 5.92 Å². The Hall–Kier alpha value is -1.71. The van der Waals surface area contributed by atoms with Gasteiger partial charge in [0.25, 0.3) is 0 Å². The minimum Gasteiger partial charge on any atom is -0.465 e. The first-order chi connectivity index (χ1) is 9.67. The van der Waals surface area contributed by atoms with Crippen LogP contribution in [0.3, 0.4) is 0 Å². The molecule has 1 heterocycles. The molecule has 4 nitrogen and oxygen atoms in total. The molecule has 0 aliphatic heterocycles. The number of nitrogens with zero attached hydrogens (tertiary/aromatic N) is 1. The van der Waals surface area contributed by atoms with Gasteiger partial charge in [0.05, 0.1) is 6.61 Å². The quantitative estimate of drug-likeness (QED) is 0.394. The first-order valence-corrected chi connectivity index (χ1v) is 7.26. The van der Waals surface area contributed by atoms with Crippen molar-refractivity contribution < 1.29 is 14.3 Å². The molecule has 20 heavy (non-hydrogen) atoms. The van der Waals surface area contributed by atoms with E-state index in [1.54, 1.807) is 12.1 Å². The molecule has 0 aromatic carbocycles. The third-order valence-corrected chi connectivity index (χ3v) is 3.33. The molecule has 1 aromatic heterocycles. The average Bonchev–Trinajstić information content (AvgIpc) is 2.48. The van der Waals surface area contributed by atoms with Crippen molar-refractivity contribution in [3.8, 4) is 0 Å². The predicted molar refractivity (Wildman–Crippen MR) is 77.4 cm³/mol. The minimum atomic E-state index is -0.443. The van der Waals surface area contributed by atoms with Crippen LogP contribution in [-0.4, -0.2) is 23.3 Å². The number of unbranched alkanes of at least 4 members (excludes halogenated alkanes) is 1. The first kappa shape index (κ1) is 16.3. The summed E-state index contributed by atoms with van der Waals surface area (Å²) in [5.74, 6) is -0.268. The molecule has 0 aliphatic carbocycles. The molecule has 0 saturated heterocycles. The topological polar surface area (TPSA) is 56.3 Å². The predicted octanol–water partition coefficient (Wildman–Crippen LogP) is 3.41. The van der Waals surface area contributed by atoms with Gasteiger partial charge in [0.2, 0.25) is 0 Å². The molecule has 0 bridgehead atoms. The van der Waals surface area contributed by atoms with Crippen LogP contribution in [0.2, 0.25) is 0 Å². The molecule has 1 rings (SSSR count). The van der Waals surface area contributed by atoms with Crippen molar-refractivity contribution in [3.05, 3.63) is 30.1 Å². The highest BCUT2D eigenvalue weighted by atomic mass is 16.5. The highest BCUT2D eigenvalue weighted by molar-refractivity contribution is 6.05. The fraction of sp³-hybridized carbons (Fsp3) is 0.562.